The minimum Gasteiger partial charge on any atom is -0.493 e. The first kappa shape index (κ1) is 16.6. The van der Waals surface area contributed by atoms with Gasteiger partial charge in [0.1, 0.15) is 0 Å². The number of carbonyl (C=O) groups excluding carboxylic acids is 1. The quantitative estimate of drug-likeness (QED) is 0.845. The van der Waals surface area contributed by atoms with Gasteiger partial charge in [-0.2, -0.15) is 0 Å². The van der Waals surface area contributed by atoms with Gasteiger partial charge >= 0.3 is 0 Å². The molecule has 0 atom stereocenters. The maximum absolute atomic E-state index is 12.2. The van der Waals surface area contributed by atoms with Crippen LogP contribution in [0.3, 0.4) is 0 Å². The zero-order chi connectivity index (χ0) is 15.3. The van der Waals surface area contributed by atoms with Crippen LogP contribution in [0.25, 0.3) is 0 Å². The average molecular weight is 302 g/mol. The molecule has 0 fully saturated rings. The lowest BCUT2D eigenvalue weighted by Gasteiger charge is -2.25. The molecule has 0 bridgehead atoms. The number of aliphatic hydroxyl groups is 1. The Kier molecular flexibility index (Phi) is 5.65. The van der Waals surface area contributed by atoms with E-state index in [9.17, 15) is 4.79 Å². The van der Waals surface area contributed by atoms with Gasteiger partial charge in [-0.05, 0) is 32.4 Å². The van der Waals surface area contributed by atoms with Crippen LogP contribution in [0.5, 0.6) is 11.5 Å². The minimum absolute atomic E-state index is 0.0000299. The van der Waals surface area contributed by atoms with E-state index in [-0.39, 0.29) is 12.5 Å². The van der Waals surface area contributed by atoms with E-state index >= 15 is 0 Å². The van der Waals surface area contributed by atoms with E-state index in [2.05, 4.69) is 5.32 Å². The summed E-state index contributed by atoms with van der Waals surface area (Å²) in [7, 11) is 2.96. The number of benzene rings is 1. The van der Waals surface area contributed by atoms with Crippen LogP contribution in [0.1, 0.15) is 30.6 Å². The topological polar surface area (TPSA) is 67.8 Å². The molecule has 6 heteroatoms. The number of amides is 1. The number of rotatable bonds is 6. The standard InChI is InChI=1S/C14H20ClNO4/c1-14(2,5-6-17)16-13(18)9-7-10(15)12(20-4)11(8-9)19-3/h7-8,17H,5-6H2,1-4H3,(H,16,18). The van der Waals surface area contributed by atoms with Crippen molar-refractivity contribution in [3.63, 3.8) is 0 Å². The Morgan fingerprint density at radius 2 is 2.00 bits per heavy atom. The average Bonchev–Trinajstić information content (AvgIpc) is 2.36. The van der Waals surface area contributed by atoms with Crippen LogP contribution in [0.2, 0.25) is 5.02 Å². The molecule has 0 saturated carbocycles. The van der Waals surface area contributed by atoms with Crippen molar-refractivity contribution in [3.8, 4) is 11.5 Å². The summed E-state index contributed by atoms with van der Waals surface area (Å²) in [6, 6.07) is 3.09. The summed E-state index contributed by atoms with van der Waals surface area (Å²) in [4.78, 5) is 12.2. The number of aliphatic hydroxyl groups excluding tert-OH is 1. The highest BCUT2D eigenvalue weighted by molar-refractivity contribution is 6.32. The fourth-order valence-corrected chi connectivity index (χ4v) is 2.06. The van der Waals surface area contributed by atoms with Crippen LogP contribution in [0, 0.1) is 0 Å². The van der Waals surface area contributed by atoms with Gasteiger partial charge in [-0.25, -0.2) is 0 Å². The molecule has 0 aliphatic carbocycles. The predicted molar refractivity (Wildman–Crippen MR) is 77.8 cm³/mol. The molecule has 5 nitrogen and oxygen atoms in total. The third-order valence-corrected chi connectivity index (χ3v) is 3.17. The third-order valence-electron chi connectivity index (χ3n) is 2.88. The molecule has 0 aliphatic heterocycles. The number of halogens is 1. The van der Waals surface area contributed by atoms with Crippen molar-refractivity contribution in [1.82, 2.24) is 5.32 Å². The van der Waals surface area contributed by atoms with E-state index in [0.717, 1.165) is 0 Å². The molecule has 0 spiro atoms. The summed E-state index contributed by atoms with van der Waals surface area (Å²) < 4.78 is 10.3. The Bertz CT molecular complexity index is 488. The molecule has 0 radical (unpaired) electrons. The lowest BCUT2D eigenvalue weighted by Crippen LogP contribution is -2.44. The Hall–Kier alpha value is -1.46. The van der Waals surface area contributed by atoms with Gasteiger partial charge in [-0.15, -0.1) is 0 Å². The van der Waals surface area contributed by atoms with E-state index in [1.54, 1.807) is 6.07 Å². The lowest BCUT2D eigenvalue weighted by molar-refractivity contribution is 0.0899. The lowest BCUT2D eigenvalue weighted by atomic mass is 10.0. The molecule has 112 valence electrons. The van der Waals surface area contributed by atoms with Crippen molar-refractivity contribution in [3.05, 3.63) is 22.7 Å². The highest BCUT2D eigenvalue weighted by atomic mass is 35.5. The van der Waals surface area contributed by atoms with Crippen LogP contribution in [0.4, 0.5) is 0 Å². The maximum atomic E-state index is 12.2. The summed E-state index contributed by atoms with van der Waals surface area (Å²) in [6.45, 7) is 3.67. The first-order valence-electron chi connectivity index (χ1n) is 6.19. The van der Waals surface area contributed by atoms with Crippen molar-refractivity contribution in [1.29, 1.82) is 0 Å². The number of methoxy groups -OCH3 is 2. The molecule has 0 saturated heterocycles. The number of hydrogen-bond donors (Lipinski definition) is 2. The Morgan fingerprint density at radius 3 is 2.50 bits per heavy atom. The smallest absolute Gasteiger partial charge is 0.251 e. The van der Waals surface area contributed by atoms with Crippen LogP contribution >= 0.6 is 11.6 Å². The summed E-state index contributed by atoms with van der Waals surface area (Å²) in [5.41, 5.74) is -0.135. The van der Waals surface area contributed by atoms with Crippen molar-refractivity contribution in [2.45, 2.75) is 25.8 Å². The SMILES string of the molecule is COc1cc(C(=O)NC(C)(C)CCO)cc(Cl)c1OC. The van der Waals surface area contributed by atoms with Crippen LogP contribution in [0.15, 0.2) is 12.1 Å². The molecule has 0 aliphatic rings. The normalized spacial score (nSPS) is 11.1. The van der Waals surface area contributed by atoms with Gasteiger partial charge in [0.2, 0.25) is 0 Å². The molecule has 0 heterocycles. The Balaban J connectivity index is 3.02. The fourth-order valence-electron chi connectivity index (χ4n) is 1.77. The van der Waals surface area contributed by atoms with Crippen LogP contribution in [-0.2, 0) is 0 Å². The second-order valence-electron chi connectivity index (χ2n) is 5.01. The molecule has 1 aromatic rings. The Morgan fingerprint density at radius 1 is 1.35 bits per heavy atom. The monoisotopic (exact) mass is 301 g/mol. The van der Waals surface area contributed by atoms with E-state index in [4.69, 9.17) is 26.2 Å². The third kappa shape index (κ3) is 4.02. The van der Waals surface area contributed by atoms with Gasteiger partial charge in [0.25, 0.3) is 5.91 Å². The molecule has 20 heavy (non-hydrogen) atoms. The fraction of sp³-hybridized carbons (Fsp3) is 0.500. The molecule has 1 aromatic carbocycles. The molecule has 0 aromatic heterocycles. The second-order valence-corrected chi connectivity index (χ2v) is 5.41. The second kappa shape index (κ2) is 6.81. The van der Waals surface area contributed by atoms with Crippen molar-refractivity contribution in [2.75, 3.05) is 20.8 Å². The molecule has 0 unspecified atom stereocenters. The van der Waals surface area contributed by atoms with Gasteiger partial charge < -0.3 is 19.9 Å². The van der Waals surface area contributed by atoms with Crippen molar-refractivity contribution < 1.29 is 19.4 Å². The van der Waals surface area contributed by atoms with E-state index in [0.29, 0.717) is 28.5 Å². The number of ether oxygens (including phenoxy) is 2. The first-order chi connectivity index (χ1) is 9.34. The molecule has 2 N–H and O–H groups in total. The molecule has 1 rings (SSSR count). The first-order valence-corrected chi connectivity index (χ1v) is 6.57. The summed E-state index contributed by atoms with van der Waals surface area (Å²) in [5, 5.41) is 12.1. The number of carbonyl (C=O) groups is 1. The summed E-state index contributed by atoms with van der Waals surface area (Å²) >= 11 is 6.06. The van der Waals surface area contributed by atoms with Crippen LogP contribution < -0.4 is 14.8 Å². The van der Waals surface area contributed by atoms with Gasteiger partial charge in [0.15, 0.2) is 11.5 Å². The Labute approximate surface area is 123 Å². The molecular formula is C14H20ClNO4. The zero-order valence-electron chi connectivity index (χ0n) is 12.1. The number of hydrogen-bond acceptors (Lipinski definition) is 4. The van der Waals surface area contributed by atoms with E-state index in [1.807, 2.05) is 13.8 Å². The van der Waals surface area contributed by atoms with Gasteiger partial charge in [-0.3, -0.25) is 4.79 Å². The minimum atomic E-state index is -0.508. The molecular weight excluding hydrogens is 282 g/mol. The maximum Gasteiger partial charge on any atom is 0.251 e. The van der Waals surface area contributed by atoms with Crippen molar-refractivity contribution >= 4 is 17.5 Å². The van der Waals surface area contributed by atoms with E-state index < -0.39 is 5.54 Å². The highest BCUT2D eigenvalue weighted by Crippen LogP contribution is 2.36. The molecule has 1 amide bonds. The number of nitrogens with one attached hydrogen (secondary N) is 1. The zero-order valence-corrected chi connectivity index (χ0v) is 12.9. The summed E-state index contributed by atoms with van der Waals surface area (Å²) in [6.07, 6.45) is 0.458. The van der Waals surface area contributed by atoms with Crippen LogP contribution in [-0.4, -0.2) is 37.4 Å². The van der Waals surface area contributed by atoms with E-state index in [1.165, 1.54) is 20.3 Å². The van der Waals surface area contributed by atoms with Gasteiger partial charge in [-0.1, -0.05) is 11.6 Å². The van der Waals surface area contributed by atoms with Crippen molar-refractivity contribution in [2.24, 2.45) is 0 Å². The van der Waals surface area contributed by atoms with Gasteiger partial charge in [0, 0.05) is 17.7 Å². The largest absolute Gasteiger partial charge is 0.493 e. The summed E-state index contributed by atoms with van der Waals surface area (Å²) in [5.74, 6) is 0.497. The highest BCUT2D eigenvalue weighted by Gasteiger charge is 2.22. The van der Waals surface area contributed by atoms with Gasteiger partial charge in [0.05, 0.1) is 19.2 Å². The predicted octanol–water partition coefficient (Wildman–Crippen LogP) is 2.25.